The van der Waals surface area contributed by atoms with Crippen molar-refractivity contribution in [1.29, 1.82) is 0 Å². The molecule has 1 aliphatic rings. The number of nitrogens with zero attached hydrogens (tertiary/aromatic N) is 2. The highest BCUT2D eigenvalue weighted by Crippen LogP contribution is 2.34. The lowest BCUT2D eigenvalue weighted by molar-refractivity contribution is -0.131. The largest absolute Gasteiger partial charge is 0.394 e. The van der Waals surface area contributed by atoms with E-state index in [4.69, 9.17) is 23.2 Å². The predicted octanol–water partition coefficient (Wildman–Crippen LogP) is 4.43. The van der Waals surface area contributed by atoms with Crippen molar-refractivity contribution in [3.05, 3.63) is 69.7 Å². The molecule has 3 rings (SSSR count). The van der Waals surface area contributed by atoms with Gasteiger partial charge < -0.3 is 20.2 Å². The van der Waals surface area contributed by atoms with E-state index in [1.165, 1.54) is 0 Å². The van der Waals surface area contributed by atoms with Crippen LogP contribution in [0.2, 0.25) is 10.0 Å². The second-order valence-electron chi connectivity index (χ2n) is 9.53. The van der Waals surface area contributed by atoms with Crippen LogP contribution in [0.4, 0.5) is 0 Å². The zero-order valence-corrected chi connectivity index (χ0v) is 22.1. The standard InChI is InChI=1S/C27H35Cl2N3O3/c1-19(34)31(3)22-11-14-32(15-12-22)16-13-27(2,21-9-10-23(28)24(29)17-21)26(35)30-25(18-33)20-7-5-4-6-8-20/h4-10,17,22,25,33H,11-16,18H2,1-3H3,(H,30,35)/t25-,27?/m0/s1. The molecule has 0 spiro atoms. The van der Waals surface area contributed by atoms with Crippen LogP contribution in [0.1, 0.15) is 50.3 Å². The van der Waals surface area contributed by atoms with Crippen LogP contribution in [0, 0.1) is 0 Å². The normalized spacial score (nSPS) is 17.4. The summed E-state index contributed by atoms with van der Waals surface area (Å²) in [6.07, 6.45) is 2.38. The van der Waals surface area contributed by atoms with E-state index < -0.39 is 11.5 Å². The molecule has 8 heteroatoms. The molecule has 2 atom stereocenters. The Labute approximate surface area is 218 Å². The van der Waals surface area contributed by atoms with Crippen LogP contribution < -0.4 is 5.32 Å². The molecule has 1 fully saturated rings. The second kappa shape index (κ2) is 12.2. The molecule has 0 saturated carbocycles. The molecule has 2 aromatic carbocycles. The van der Waals surface area contributed by atoms with Crippen LogP contribution >= 0.6 is 23.2 Å². The summed E-state index contributed by atoms with van der Waals surface area (Å²) in [5.74, 6) is -0.0887. The molecule has 0 aliphatic carbocycles. The number of amides is 2. The van der Waals surface area contributed by atoms with Gasteiger partial charge in [-0.1, -0.05) is 59.6 Å². The van der Waals surface area contributed by atoms with Crippen molar-refractivity contribution in [1.82, 2.24) is 15.1 Å². The molecule has 2 N–H and O–H groups in total. The van der Waals surface area contributed by atoms with Gasteiger partial charge in [0.05, 0.1) is 28.1 Å². The quantitative estimate of drug-likeness (QED) is 0.513. The molecule has 1 heterocycles. The first-order chi connectivity index (χ1) is 16.7. The Kier molecular flexibility index (Phi) is 9.59. The summed E-state index contributed by atoms with van der Waals surface area (Å²) in [6.45, 7) is 5.76. The highest BCUT2D eigenvalue weighted by molar-refractivity contribution is 6.42. The number of aliphatic hydroxyl groups is 1. The lowest BCUT2D eigenvalue weighted by Crippen LogP contribution is -2.48. The third-order valence-electron chi connectivity index (χ3n) is 7.28. The summed E-state index contributed by atoms with van der Waals surface area (Å²) in [6, 6.07) is 14.5. The van der Waals surface area contributed by atoms with Crippen LogP contribution in [0.25, 0.3) is 0 Å². The van der Waals surface area contributed by atoms with Gasteiger partial charge >= 0.3 is 0 Å². The number of hydrogen-bond acceptors (Lipinski definition) is 4. The SMILES string of the molecule is CC(=O)N(C)C1CCN(CCC(C)(C(=O)N[C@@H](CO)c2ccccc2)c2ccc(Cl)c(Cl)c2)CC1. The van der Waals surface area contributed by atoms with Gasteiger partial charge in [0, 0.05) is 33.1 Å². The van der Waals surface area contributed by atoms with Gasteiger partial charge in [0.15, 0.2) is 0 Å². The van der Waals surface area contributed by atoms with Crippen molar-refractivity contribution in [2.75, 3.05) is 33.3 Å². The molecule has 0 bridgehead atoms. The van der Waals surface area contributed by atoms with E-state index >= 15 is 0 Å². The fourth-order valence-corrected chi connectivity index (χ4v) is 4.93. The maximum atomic E-state index is 13.7. The molecular weight excluding hydrogens is 485 g/mol. The first kappa shape index (κ1) is 27.5. The Morgan fingerprint density at radius 3 is 2.37 bits per heavy atom. The molecule has 2 aromatic rings. The molecule has 190 valence electrons. The minimum absolute atomic E-state index is 0.0872. The Morgan fingerprint density at radius 1 is 1.14 bits per heavy atom. The predicted molar refractivity (Wildman–Crippen MR) is 141 cm³/mol. The van der Waals surface area contributed by atoms with Gasteiger partial charge in [-0.2, -0.15) is 0 Å². The molecule has 1 saturated heterocycles. The van der Waals surface area contributed by atoms with Crippen molar-refractivity contribution < 1.29 is 14.7 Å². The molecular formula is C27H35Cl2N3O3. The van der Waals surface area contributed by atoms with Crippen LogP contribution in [0.15, 0.2) is 48.5 Å². The van der Waals surface area contributed by atoms with E-state index in [0.29, 0.717) is 16.5 Å². The Hall–Kier alpha value is -2.12. The number of likely N-dealkylation sites (tertiary alicyclic amines) is 1. The van der Waals surface area contributed by atoms with Gasteiger partial charge in [-0.05, 0) is 56.0 Å². The molecule has 1 aliphatic heterocycles. The van der Waals surface area contributed by atoms with Gasteiger partial charge in [0.1, 0.15) is 0 Å². The van der Waals surface area contributed by atoms with Crippen molar-refractivity contribution >= 4 is 35.0 Å². The number of aliphatic hydroxyl groups excluding tert-OH is 1. The van der Waals surface area contributed by atoms with E-state index in [2.05, 4.69) is 10.2 Å². The summed E-state index contributed by atoms with van der Waals surface area (Å²) >= 11 is 12.5. The first-order valence-corrected chi connectivity index (χ1v) is 12.8. The fourth-order valence-electron chi connectivity index (χ4n) is 4.63. The van der Waals surface area contributed by atoms with Gasteiger partial charge in [0.2, 0.25) is 11.8 Å². The average Bonchev–Trinajstić information content (AvgIpc) is 2.87. The van der Waals surface area contributed by atoms with Crippen LogP contribution in [-0.2, 0) is 15.0 Å². The first-order valence-electron chi connectivity index (χ1n) is 12.0. The van der Waals surface area contributed by atoms with E-state index in [-0.39, 0.29) is 24.5 Å². The maximum Gasteiger partial charge on any atom is 0.230 e. The Balaban J connectivity index is 1.77. The van der Waals surface area contributed by atoms with Gasteiger partial charge in [-0.15, -0.1) is 0 Å². The summed E-state index contributed by atoms with van der Waals surface area (Å²) in [5.41, 5.74) is 0.737. The summed E-state index contributed by atoms with van der Waals surface area (Å²) in [5, 5.41) is 13.9. The maximum absolute atomic E-state index is 13.7. The van der Waals surface area contributed by atoms with E-state index in [1.807, 2.05) is 55.3 Å². The zero-order valence-electron chi connectivity index (χ0n) is 20.6. The van der Waals surface area contributed by atoms with Gasteiger partial charge in [-0.3, -0.25) is 9.59 Å². The van der Waals surface area contributed by atoms with Crippen LogP contribution in [-0.4, -0.2) is 66.1 Å². The number of hydrogen-bond donors (Lipinski definition) is 2. The zero-order chi connectivity index (χ0) is 25.6. The Morgan fingerprint density at radius 2 is 1.80 bits per heavy atom. The minimum atomic E-state index is -0.885. The number of piperidine rings is 1. The minimum Gasteiger partial charge on any atom is -0.394 e. The van der Waals surface area contributed by atoms with Gasteiger partial charge in [-0.25, -0.2) is 0 Å². The number of halogens is 2. The van der Waals surface area contributed by atoms with E-state index in [1.54, 1.807) is 19.1 Å². The third kappa shape index (κ3) is 6.76. The molecule has 0 radical (unpaired) electrons. The molecule has 35 heavy (non-hydrogen) atoms. The lowest BCUT2D eigenvalue weighted by atomic mass is 9.78. The lowest BCUT2D eigenvalue weighted by Gasteiger charge is -2.38. The van der Waals surface area contributed by atoms with Crippen LogP contribution in [0.5, 0.6) is 0 Å². The monoisotopic (exact) mass is 519 g/mol. The van der Waals surface area contributed by atoms with Crippen molar-refractivity contribution in [3.8, 4) is 0 Å². The molecule has 6 nitrogen and oxygen atoms in total. The topological polar surface area (TPSA) is 72.9 Å². The number of rotatable bonds is 9. The summed E-state index contributed by atoms with van der Waals surface area (Å²) in [7, 11) is 1.86. The smallest absolute Gasteiger partial charge is 0.230 e. The summed E-state index contributed by atoms with van der Waals surface area (Å²) in [4.78, 5) is 29.6. The molecule has 0 aromatic heterocycles. The van der Waals surface area contributed by atoms with E-state index in [9.17, 15) is 14.7 Å². The highest BCUT2D eigenvalue weighted by Gasteiger charge is 2.37. The molecule has 1 unspecified atom stereocenters. The number of benzene rings is 2. The molecule has 2 amide bonds. The number of carbonyl (C=O) groups is 2. The summed E-state index contributed by atoms with van der Waals surface area (Å²) < 4.78 is 0. The van der Waals surface area contributed by atoms with Crippen molar-refractivity contribution in [3.63, 3.8) is 0 Å². The highest BCUT2D eigenvalue weighted by atomic mass is 35.5. The Bertz CT molecular complexity index is 1010. The van der Waals surface area contributed by atoms with Gasteiger partial charge in [0.25, 0.3) is 0 Å². The fraction of sp³-hybridized carbons (Fsp3) is 0.481. The van der Waals surface area contributed by atoms with Crippen molar-refractivity contribution in [2.45, 2.75) is 50.6 Å². The average molecular weight is 521 g/mol. The second-order valence-corrected chi connectivity index (χ2v) is 10.3. The van der Waals surface area contributed by atoms with Crippen LogP contribution in [0.3, 0.4) is 0 Å². The number of nitrogens with one attached hydrogen (secondary N) is 1. The number of carbonyl (C=O) groups excluding carboxylic acids is 2. The van der Waals surface area contributed by atoms with E-state index in [0.717, 1.165) is 43.6 Å². The third-order valence-corrected chi connectivity index (χ3v) is 8.02. The van der Waals surface area contributed by atoms with Crippen molar-refractivity contribution in [2.24, 2.45) is 0 Å².